The largest absolute Gasteiger partial charge is 0.481 e. The molecular formula is C14H16FN3O2. The van der Waals surface area contributed by atoms with Crippen molar-refractivity contribution >= 4 is 11.6 Å². The molecule has 106 valence electrons. The first-order valence-electron chi connectivity index (χ1n) is 6.84. The number of carboxylic acid groups (broad SMARTS) is 1. The molecule has 1 fully saturated rings. The van der Waals surface area contributed by atoms with Crippen molar-refractivity contribution in [3.8, 4) is 0 Å². The predicted octanol–water partition coefficient (Wildman–Crippen LogP) is 2.30. The minimum atomic E-state index is -0.696. The van der Waals surface area contributed by atoms with E-state index < -0.39 is 5.97 Å². The van der Waals surface area contributed by atoms with Crippen molar-refractivity contribution in [3.63, 3.8) is 0 Å². The second kappa shape index (κ2) is 5.19. The number of rotatable bonds is 3. The van der Waals surface area contributed by atoms with Crippen LogP contribution >= 0.6 is 0 Å². The first kappa shape index (κ1) is 13.0. The Labute approximate surface area is 115 Å². The number of carbonyl (C=O) groups is 1. The Bertz CT molecular complexity index is 632. The molecular weight excluding hydrogens is 261 g/mol. The average Bonchev–Trinajstić information content (AvgIpc) is 2.88. The highest BCUT2D eigenvalue weighted by Gasteiger charge is 2.26. The van der Waals surface area contributed by atoms with Gasteiger partial charge >= 0.3 is 5.97 Å². The number of pyridine rings is 1. The van der Waals surface area contributed by atoms with Crippen LogP contribution in [0.1, 0.15) is 31.2 Å². The van der Waals surface area contributed by atoms with Gasteiger partial charge < -0.3 is 5.11 Å². The lowest BCUT2D eigenvalue weighted by molar-refractivity contribution is -0.143. The number of fused-ring (bicyclic) bond motifs is 1. The van der Waals surface area contributed by atoms with Crippen LogP contribution in [0.25, 0.3) is 5.65 Å². The Morgan fingerprint density at radius 2 is 2.15 bits per heavy atom. The molecule has 0 radical (unpaired) electrons. The summed E-state index contributed by atoms with van der Waals surface area (Å²) < 4.78 is 15.3. The molecule has 20 heavy (non-hydrogen) atoms. The molecule has 1 N–H and O–H groups in total. The first-order valence-corrected chi connectivity index (χ1v) is 6.84. The van der Waals surface area contributed by atoms with Gasteiger partial charge in [-0.05, 0) is 49.7 Å². The van der Waals surface area contributed by atoms with Crippen LogP contribution in [0.3, 0.4) is 0 Å². The molecule has 0 spiro atoms. The van der Waals surface area contributed by atoms with Crippen LogP contribution in [0, 0.1) is 17.7 Å². The number of hydrogen-bond acceptors (Lipinski definition) is 3. The van der Waals surface area contributed by atoms with Crippen molar-refractivity contribution in [2.45, 2.75) is 32.1 Å². The Hall–Kier alpha value is -1.98. The summed E-state index contributed by atoms with van der Waals surface area (Å²) in [6, 6.07) is 1.51. The van der Waals surface area contributed by atoms with Crippen molar-refractivity contribution in [2.75, 3.05) is 0 Å². The minimum absolute atomic E-state index is 0.208. The van der Waals surface area contributed by atoms with Crippen LogP contribution in [-0.2, 0) is 11.2 Å². The second-order valence-electron chi connectivity index (χ2n) is 5.48. The summed E-state index contributed by atoms with van der Waals surface area (Å²) in [5.41, 5.74) is 1.13. The maximum absolute atomic E-state index is 13.8. The second-order valence-corrected chi connectivity index (χ2v) is 5.48. The summed E-state index contributed by atoms with van der Waals surface area (Å²) in [7, 11) is 0. The number of halogens is 1. The van der Waals surface area contributed by atoms with E-state index in [1.54, 1.807) is 6.20 Å². The molecule has 3 rings (SSSR count). The molecule has 0 aromatic carbocycles. The van der Waals surface area contributed by atoms with Crippen LogP contribution in [0.5, 0.6) is 0 Å². The van der Waals surface area contributed by atoms with E-state index in [2.05, 4.69) is 10.1 Å². The van der Waals surface area contributed by atoms with Gasteiger partial charge in [-0.1, -0.05) is 0 Å². The zero-order chi connectivity index (χ0) is 14.1. The minimum Gasteiger partial charge on any atom is -0.481 e. The third kappa shape index (κ3) is 2.50. The van der Waals surface area contributed by atoms with E-state index >= 15 is 0 Å². The van der Waals surface area contributed by atoms with Crippen molar-refractivity contribution in [1.82, 2.24) is 14.6 Å². The van der Waals surface area contributed by atoms with Crippen LogP contribution in [-0.4, -0.2) is 25.7 Å². The molecule has 2 aromatic rings. The monoisotopic (exact) mass is 277 g/mol. The molecule has 5 nitrogen and oxygen atoms in total. The highest BCUT2D eigenvalue weighted by atomic mass is 19.1. The predicted molar refractivity (Wildman–Crippen MR) is 69.7 cm³/mol. The zero-order valence-corrected chi connectivity index (χ0v) is 11.0. The van der Waals surface area contributed by atoms with Crippen LogP contribution < -0.4 is 0 Å². The standard InChI is InChI=1S/C14H16FN3O2/c15-12-6-10(7-18-13(12)16-8-17-18)5-9-1-3-11(4-2-9)14(19)20/h6-9,11H,1-5H2,(H,19,20)/t9-,11-. The fourth-order valence-electron chi connectivity index (χ4n) is 3.00. The summed E-state index contributed by atoms with van der Waals surface area (Å²) in [6.07, 6.45) is 7.10. The van der Waals surface area contributed by atoms with Gasteiger partial charge in [0.05, 0.1) is 5.92 Å². The quantitative estimate of drug-likeness (QED) is 0.934. The van der Waals surface area contributed by atoms with Crippen molar-refractivity contribution in [2.24, 2.45) is 11.8 Å². The summed E-state index contributed by atoms with van der Waals surface area (Å²) >= 11 is 0. The molecule has 1 aliphatic carbocycles. The fourth-order valence-corrected chi connectivity index (χ4v) is 3.00. The van der Waals surface area contributed by atoms with Gasteiger partial charge in [0.15, 0.2) is 11.5 Å². The lowest BCUT2D eigenvalue weighted by atomic mass is 9.79. The molecule has 1 saturated carbocycles. The van der Waals surface area contributed by atoms with Gasteiger partial charge in [0, 0.05) is 6.20 Å². The Morgan fingerprint density at radius 1 is 1.40 bits per heavy atom. The SMILES string of the molecule is O=C(O)[C@H]1CC[C@H](Cc2cc(F)c3ncnn3c2)CC1. The van der Waals surface area contributed by atoms with Crippen LogP contribution in [0.15, 0.2) is 18.6 Å². The third-order valence-corrected chi connectivity index (χ3v) is 4.11. The molecule has 0 unspecified atom stereocenters. The van der Waals surface area contributed by atoms with Gasteiger partial charge in [0.25, 0.3) is 0 Å². The van der Waals surface area contributed by atoms with Crippen molar-refractivity contribution < 1.29 is 14.3 Å². The smallest absolute Gasteiger partial charge is 0.306 e. The average molecular weight is 277 g/mol. The van der Waals surface area contributed by atoms with Crippen LogP contribution in [0.4, 0.5) is 4.39 Å². The molecule has 2 heterocycles. The molecule has 0 atom stereocenters. The lowest BCUT2D eigenvalue weighted by Crippen LogP contribution is -2.22. The van der Waals surface area contributed by atoms with Gasteiger partial charge in [-0.3, -0.25) is 4.79 Å². The summed E-state index contributed by atoms with van der Waals surface area (Å²) in [6.45, 7) is 0. The summed E-state index contributed by atoms with van der Waals surface area (Å²) in [4.78, 5) is 14.8. The van der Waals surface area contributed by atoms with Gasteiger partial charge in [-0.2, -0.15) is 5.10 Å². The van der Waals surface area contributed by atoms with E-state index in [1.165, 1.54) is 16.9 Å². The van der Waals surface area contributed by atoms with Crippen molar-refractivity contribution in [3.05, 3.63) is 30.0 Å². The first-order chi connectivity index (χ1) is 9.63. The molecule has 0 saturated heterocycles. The fraction of sp³-hybridized carbons (Fsp3) is 0.500. The Morgan fingerprint density at radius 3 is 2.85 bits per heavy atom. The van der Waals surface area contributed by atoms with Crippen LogP contribution in [0.2, 0.25) is 0 Å². The molecule has 0 bridgehead atoms. The van der Waals surface area contributed by atoms with E-state index in [0.29, 0.717) is 18.8 Å². The zero-order valence-electron chi connectivity index (χ0n) is 11.0. The lowest BCUT2D eigenvalue weighted by Gasteiger charge is -2.26. The van der Waals surface area contributed by atoms with E-state index in [1.807, 2.05) is 0 Å². The maximum atomic E-state index is 13.8. The van der Waals surface area contributed by atoms with E-state index in [0.717, 1.165) is 24.8 Å². The van der Waals surface area contributed by atoms with Gasteiger partial charge in [0.2, 0.25) is 0 Å². The molecule has 2 aromatic heterocycles. The summed E-state index contributed by atoms with van der Waals surface area (Å²) in [5, 5.41) is 12.9. The van der Waals surface area contributed by atoms with Gasteiger partial charge in [0.1, 0.15) is 6.33 Å². The van der Waals surface area contributed by atoms with E-state index in [4.69, 9.17) is 5.11 Å². The van der Waals surface area contributed by atoms with Gasteiger partial charge in [-0.25, -0.2) is 13.9 Å². The number of carboxylic acids is 1. The number of hydrogen-bond donors (Lipinski definition) is 1. The number of nitrogens with zero attached hydrogens (tertiary/aromatic N) is 3. The Kier molecular flexibility index (Phi) is 3.38. The number of aliphatic carboxylic acids is 1. The van der Waals surface area contributed by atoms with Crippen molar-refractivity contribution in [1.29, 1.82) is 0 Å². The van der Waals surface area contributed by atoms with Gasteiger partial charge in [-0.15, -0.1) is 0 Å². The highest BCUT2D eigenvalue weighted by molar-refractivity contribution is 5.69. The molecule has 0 amide bonds. The molecule has 6 heteroatoms. The topological polar surface area (TPSA) is 67.5 Å². The third-order valence-electron chi connectivity index (χ3n) is 4.11. The number of aromatic nitrogens is 3. The Balaban J connectivity index is 1.69. The summed E-state index contributed by atoms with van der Waals surface area (Å²) in [5.74, 6) is -0.843. The molecule has 1 aliphatic rings. The molecule has 0 aliphatic heterocycles. The van der Waals surface area contributed by atoms with E-state index in [-0.39, 0.29) is 17.4 Å². The normalized spacial score (nSPS) is 23.1. The van der Waals surface area contributed by atoms with E-state index in [9.17, 15) is 9.18 Å². The highest BCUT2D eigenvalue weighted by Crippen LogP contribution is 2.31. The maximum Gasteiger partial charge on any atom is 0.306 e.